The molecule has 1 aromatic carbocycles. The Morgan fingerprint density at radius 3 is 2.12 bits per heavy atom. The Labute approximate surface area is 184 Å². The van der Waals surface area contributed by atoms with Gasteiger partial charge in [0, 0.05) is 11.3 Å². The number of anilines is 1. The van der Waals surface area contributed by atoms with Crippen LogP contribution in [0.25, 0.3) is 0 Å². The van der Waals surface area contributed by atoms with Gasteiger partial charge in [0.25, 0.3) is 11.9 Å². The molecule has 8 nitrogen and oxygen atoms in total. The average molecular weight is 513 g/mol. The molecule has 1 heterocycles. The Morgan fingerprint density at radius 1 is 1.18 bits per heavy atom. The van der Waals surface area contributed by atoms with Crippen LogP contribution in [-0.2, 0) is 19.9 Å². The number of aliphatic imine (C=N–C) groups is 1. The van der Waals surface area contributed by atoms with Crippen LogP contribution in [-0.4, -0.2) is 58.6 Å². The van der Waals surface area contributed by atoms with Crippen molar-refractivity contribution >= 4 is 23.6 Å². The molecule has 0 aliphatic carbocycles. The number of rotatable bonds is 3. The summed E-state index contributed by atoms with van der Waals surface area (Å²) in [7, 11) is 0. The van der Waals surface area contributed by atoms with E-state index in [-0.39, 0.29) is 6.92 Å². The van der Waals surface area contributed by atoms with E-state index in [9.17, 15) is 49.4 Å². The molecule has 2 rings (SSSR count). The predicted molar refractivity (Wildman–Crippen MR) is 95.3 cm³/mol. The number of carbonyl (C=O) groups is 2. The zero-order chi connectivity index (χ0) is 26.9. The largest absolute Gasteiger partial charge is 0.490 e. The number of hydrogen-bond donors (Lipinski definition) is 4. The van der Waals surface area contributed by atoms with Crippen LogP contribution in [0.15, 0.2) is 23.2 Å². The second-order valence-electron chi connectivity index (χ2n) is 7.04. The number of nitrogens with one attached hydrogen (secondary N) is 1. The minimum atomic E-state index is -5.29. The summed E-state index contributed by atoms with van der Waals surface area (Å²) in [5.74, 6) is -9.50. The third kappa shape index (κ3) is 6.00. The van der Waals surface area contributed by atoms with Crippen LogP contribution in [0.2, 0.25) is 0 Å². The number of amides is 1. The van der Waals surface area contributed by atoms with E-state index >= 15 is 0 Å². The third-order valence-corrected chi connectivity index (χ3v) is 4.43. The second-order valence-corrected chi connectivity index (χ2v) is 7.04. The van der Waals surface area contributed by atoms with Crippen LogP contribution in [0.4, 0.5) is 45.2 Å². The quantitative estimate of drug-likeness (QED) is 0.460. The number of aliphatic hydroxyl groups is 1. The van der Waals surface area contributed by atoms with Gasteiger partial charge in [-0.25, -0.2) is 14.2 Å². The molecule has 0 unspecified atom stereocenters. The molecule has 1 aliphatic heterocycles. The molecular formula is C17H16F9N3O5. The van der Waals surface area contributed by atoms with Crippen LogP contribution in [0.3, 0.4) is 0 Å². The molecule has 5 N–H and O–H groups in total. The van der Waals surface area contributed by atoms with Crippen LogP contribution < -0.4 is 11.1 Å². The van der Waals surface area contributed by atoms with E-state index in [1.54, 1.807) is 5.32 Å². The molecule has 0 bridgehead atoms. The first-order valence-corrected chi connectivity index (χ1v) is 8.63. The molecular weight excluding hydrogens is 497 g/mol. The Balaban J connectivity index is 0.000000718. The van der Waals surface area contributed by atoms with E-state index in [4.69, 9.17) is 15.6 Å². The Morgan fingerprint density at radius 2 is 1.68 bits per heavy atom. The first-order valence-electron chi connectivity index (χ1n) is 8.63. The standard InChI is InChI=1S/C15H15F6N3O3.C2HF3O2/c1-12(14(17,18)6-27-11(22)24-12)8-5-7(3-4-9(8)16)23-10(25)13(2,26)15(19,20)21;3-2(4,5)1(6)7/h3-5,26H,6H2,1-2H3,(H2,22,24)(H,23,25);(H,6,7)/t12-,13-;/m1./s1. The lowest BCUT2D eigenvalue weighted by Gasteiger charge is -2.37. The zero-order valence-corrected chi connectivity index (χ0v) is 17.0. The highest BCUT2D eigenvalue weighted by Crippen LogP contribution is 2.45. The maximum absolute atomic E-state index is 14.3. The molecule has 192 valence electrons. The highest BCUT2D eigenvalue weighted by atomic mass is 19.4. The van der Waals surface area contributed by atoms with Gasteiger partial charge < -0.3 is 26.0 Å². The van der Waals surface area contributed by atoms with Gasteiger partial charge >= 0.3 is 24.2 Å². The van der Waals surface area contributed by atoms with E-state index < -0.39 is 71.0 Å². The summed E-state index contributed by atoms with van der Waals surface area (Å²) in [4.78, 5) is 24.1. The molecule has 0 aromatic heterocycles. The Hall–Kier alpha value is -3.24. The highest BCUT2D eigenvalue weighted by molar-refractivity contribution is 5.97. The van der Waals surface area contributed by atoms with Crippen molar-refractivity contribution in [1.29, 1.82) is 0 Å². The number of nitrogens with two attached hydrogens (primary N) is 1. The lowest BCUT2D eigenvalue weighted by atomic mass is 9.85. The SMILES string of the molecule is C[C@@](O)(C(=O)Nc1ccc(F)c([C@@]2(C)N=C(N)OCC2(F)F)c1)C(F)(F)F.O=C(O)C(F)(F)F. The summed E-state index contributed by atoms with van der Waals surface area (Å²) in [6.45, 7) is -0.123. The summed E-state index contributed by atoms with van der Waals surface area (Å²) in [5, 5.41) is 18.2. The number of ether oxygens (including phenoxy) is 1. The number of alkyl halides is 8. The minimum absolute atomic E-state index is 0.214. The van der Waals surface area contributed by atoms with Gasteiger partial charge in [-0.05, 0) is 32.0 Å². The topological polar surface area (TPSA) is 134 Å². The van der Waals surface area contributed by atoms with E-state index in [1.165, 1.54) is 0 Å². The molecule has 17 heteroatoms. The number of carbonyl (C=O) groups excluding carboxylic acids is 1. The zero-order valence-electron chi connectivity index (χ0n) is 17.0. The predicted octanol–water partition coefficient (Wildman–Crippen LogP) is 2.91. The smallest absolute Gasteiger partial charge is 0.475 e. The van der Waals surface area contributed by atoms with Crippen molar-refractivity contribution in [3.05, 3.63) is 29.6 Å². The third-order valence-electron chi connectivity index (χ3n) is 4.43. The first-order chi connectivity index (χ1) is 15.1. The van der Waals surface area contributed by atoms with Crippen LogP contribution >= 0.6 is 0 Å². The van der Waals surface area contributed by atoms with E-state index in [1.807, 2.05) is 0 Å². The fourth-order valence-corrected chi connectivity index (χ4v) is 2.25. The Bertz CT molecular complexity index is 976. The van der Waals surface area contributed by atoms with Crippen LogP contribution in [0.1, 0.15) is 19.4 Å². The van der Waals surface area contributed by atoms with Crippen molar-refractivity contribution in [2.75, 3.05) is 11.9 Å². The Kier molecular flexibility index (Phi) is 7.78. The molecule has 1 aliphatic rings. The van der Waals surface area contributed by atoms with E-state index in [0.29, 0.717) is 12.1 Å². The number of hydrogen-bond acceptors (Lipinski definition) is 6. The number of benzene rings is 1. The number of halogens is 9. The van der Waals surface area contributed by atoms with Crippen molar-refractivity contribution in [3.63, 3.8) is 0 Å². The van der Waals surface area contributed by atoms with E-state index in [2.05, 4.69) is 9.73 Å². The number of nitrogens with zero attached hydrogens (tertiary/aromatic N) is 1. The van der Waals surface area contributed by atoms with Crippen molar-refractivity contribution in [2.45, 2.75) is 43.3 Å². The number of carboxylic acid groups (broad SMARTS) is 1. The molecule has 0 fully saturated rings. The van der Waals surface area contributed by atoms with Gasteiger partial charge in [-0.1, -0.05) is 0 Å². The first kappa shape index (κ1) is 28.8. The van der Waals surface area contributed by atoms with Gasteiger partial charge in [0.1, 0.15) is 5.82 Å². The fraction of sp³-hybridized carbons (Fsp3) is 0.471. The molecule has 0 radical (unpaired) electrons. The normalized spacial score (nSPS) is 21.7. The van der Waals surface area contributed by atoms with Gasteiger partial charge in [0.2, 0.25) is 5.60 Å². The highest BCUT2D eigenvalue weighted by Gasteiger charge is 2.57. The lowest BCUT2D eigenvalue weighted by molar-refractivity contribution is -0.242. The van der Waals surface area contributed by atoms with Crippen molar-refractivity contribution < 1.29 is 64.1 Å². The molecule has 1 aromatic rings. The van der Waals surface area contributed by atoms with Crippen LogP contribution in [0, 0.1) is 5.82 Å². The number of aliphatic carboxylic acids is 1. The summed E-state index contributed by atoms with van der Waals surface area (Å²) in [5.41, 5.74) is -2.19. The maximum Gasteiger partial charge on any atom is 0.490 e. The molecule has 34 heavy (non-hydrogen) atoms. The minimum Gasteiger partial charge on any atom is -0.475 e. The van der Waals surface area contributed by atoms with Crippen molar-refractivity contribution in [2.24, 2.45) is 10.7 Å². The van der Waals surface area contributed by atoms with Gasteiger partial charge in [0.05, 0.1) is 0 Å². The number of carboxylic acids is 1. The fourth-order valence-electron chi connectivity index (χ4n) is 2.25. The van der Waals surface area contributed by atoms with Gasteiger partial charge in [-0.15, -0.1) is 0 Å². The molecule has 0 saturated heterocycles. The molecule has 2 atom stereocenters. The second kappa shape index (κ2) is 9.19. The van der Waals surface area contributed by atoms with Crippen molar-refractivity contribution in [3.8, 4) is 0 Å². The lowest BCUT2D eigenvalue weighted by Crippen LogP contribution is -2.52. The van der Waals surface area contributed by atoms with Gasteiger partial charge in [-0.3, -0.25) is 4.79 Å². The summed E-state index contributed by atoms with van der Waals surface area (Å²) < 4.78 is 117. The van der Waals surface area contributed by atoms with Crippen molar-refractivity contribution in [1.82, 2.24) is 0 Å². The van der Waals surface area contributed by atoms with Crippen LogP contribution in [0.5, 0.6) is 0 Å². The summed E-state index contributed by atoms with van der Waals surface area (Å²) >= 11 is 0. The molecule has 1 amide bonds. The monoisotopic (exact) mass is 513 g/mol. The van der Waals surface area contributed by atoms with E-state index in [0.717, 1.165) is 13.0 Å². The molecule has 0 spiro atoms. The number of amidine groups is 1. The summed E-state index contributed by atoms with van der Waals surface area (Å²) in [6.07, 6.45) is -10.4. The average Bonchev–Trinajstić information content (AvgIpc) is 2.65. The van der Waals surface area contributed by atoms with Gasteiger partial charge in [0.15, 0.2) is 12.1 Å². The summed E-state index contributed by atoms with van der Waals surface area (Å²) in [6, 6.07) is 1.57. The van der Waals surface area contributed by atoms with Gasteiger partial charge in [-0.2, -0.15) is 35.1 Å². The molecule has 0 saturated carbocycles. The maximum atomic E-state index is 14.3.